The molecule has 2 aliphatic rings. The van der Waals surface area contributed by atoms with Crippen LogP contribution < -0.4 is 0 Å². The molecule has 0 radical (unpaired) electrons. The zero-order chi connectivity index (χ0) is 10.0. The topological polar surface area (TPSA) is 29.5 Å². The van der Waals surface area contributed by atoms with Crippen LogP contribution in [0.4, 0.5) is 4.79 Å². The molecule has 1 saturated carbocycles. The first kappa shape index (κ1) is 9.39. The van der Waals surface area contributed by atoms with Crippen LogP contribution >= 0.6 is 0 Å². The minimum atomic E-state index is -0.232. The maximum atomic E-state index is 11.4. The molecule has 2 fully saturated rings. The fraction of sp³-hybridized carbons (Fsp3) is 0.727. The summed E-state index contributed by atoms with van der Waals surface area (Å²) in [7, 11) is 0. The van der Waals surface area contributed by atoms with Crippen molar-refractivity contribution >= 4 is 6.09 Å². The Bertz CT molecular complexity index is 274. The Morgan fingerprint density at radius 2 is 2.14 bits per heavy atom. The third-order valence-corrected chi connectivity index (χ3v) is 3.09. The zero-order valence-corrected chi connectivity index (χ0v) is 8.29. The first-order chi connectivity index (χ1) is 6.76. The van der Waals surface area contributed by atoms with Gasteiger partial charge in [-0.25, -0.2) is 4.79 Å². The van der Waals surface area contributed by atoms with Crippen molar-refractivity contribution in [3.05, 3.63) is 0 Å². The van der Waals surface area contributed by atoms with Crippen LogP contribution in [0.3, 0.4) is 0 Å². The molecule has 76 valence electrons. The summed E-state index contributed by atoms with van der Waals surface area (Å²) in [6, 6.07) is 0. The predicted octanol–water partition coefficient (Wildman–Crippen LogP) is 1.77. The standard InChI is InChI=1S/C11H15NO2/c1-2-8-12-9-11(14-10(12)13)6-4-3-5-7-11/h1H,3-9H2. The molecule has 1 aliphatic heterocycles. The highest BCUT2D eigenvalue weighted by Crippen LogP contribution is 2.36. The van der Waals surface area contributed by atoms with Crippen LogP contribution in [0.25, 0.3) is 0 Å². The molecule has 1 spiro atoms. The second-order valence-corrected chi connectivity index (χ2v) is 4.17. The Hall–Kier alpha value is -1.17. The SMILES string of the molecule is C#CCN1CC2(CCCCC2)OC1=O. The number of hydrogen-bond acceptors (Lipinski definition) is 2. The molecular formula is C11H15NO2. The van der Waals surface area contributed by atoms with E-state index < -0.39 is 0 Å². The molecule has 2 rings (SSSR count). The highest BCUT2D eigenvalue weighted by atomic mass is 16.6. The summed E-state index contributed by atoms with van der Waals surface area (Å²) < 4.78 is 5.45. The molecule has 0 aromatic heterocycles. The third-order valence-electron chi connectivity index (χ3n) is 3.09. The van der Waals surface area contributed by atoms with Gasteiger partial charge in [0.25, 0.3) is 0 Å². The van der Waals surface area contributed by atoms with Gasteiger partial charge < -0.3 is 4.74 Å². The van der Waals surface area contributed by atoms with Crippen LogP contribution in [0.5, 0.6) is 0 Å². The van der Waals surface area contributed by atoms with Crippen molar-refractivity contribution < 1.29 is 9.53 Å². The van der Waals surface area contributed by atoms with Gasteiger partial charge in [0.05, 0.1) is 13.1 Å². The number of amides is 1. The molecule has 0 unspecified atom stereocenters. The Balaban J connectivity index is 2.04. The van der Waals surface area contributed by atoms with Crippen LogP contribution in [0.2, 0.25) is 0 Å². The first-order valence-corrected chi connectivity index (χ1v) is 5.17. The summed E-state index contributed by atoms with van der Waals surface area (Å²) in [6.45, 7) is 1.07. The number of rotatable bonds is 1. The molecule has 0 N–H and O–H groups in total. The molecule has 0 aromatic rings. The van der Waals surface area contributed by atoms with Crippen molar-refractivity contribution in [1.29, 1.82) is 0 Å². The Morgan fingerprint density at radius 3 is 2.79 bits per heavy atom. The molecule has 1 amide bonds. The highest BCUT2D eigenvalue weighted by molar-refractivity contribution is 5.71. The molecule has 0 atom stereocenters. The second-order valence-electron chi connectivity index (χ2n) is 4.17. The van der Waals surface area contributed by atoms with E-state index in [9.17, 15) is 4.79 Å². The van der Waals surface area contributed by atoms with E-state index in [2.05, 4.69) is 5.92 Å². The maximum Gasteiger partial charge on any atom is 0.411 e. The largest absolute Gasteiger partial charge is 0.441 e. The Morgan fingerprint density at radius 1 is 1.43 bits per heavy atom. The van der Waals surface area contributed by atoms with Crippen molar-refractivity contribution in [3.63, 3.8) is 0 Å². The van der Waals surface area contributed by atoms with Crippen LogP contribution in [0.15, 0.2) is 0 Å². The average molecular weight is 193 g/mol. The highest BCUT2D eigenvalue weighted by Gasteiger charge is 2.45. The molecule has 3 nitrogen and oxygen atoms in total. The quantitative estimate of drug-likeness (QED) is 0.594. The number of hydrogen-bond donors (Lipinski definition) is 0. The van der Waals surface area contributed by atoms with Gasteiger partial charge in [-0.1, -0.05) is 12.3 Å². The average Bonchev–Trinajstić information content (AvgIpc) is 2.45. The number of nitrogens with zero attached hydrogens (tertiary/aromatic N) is 1. The Labute approximate surface area is 84.4 Å². The lowest BCUT2D eigenvalue weighted by Gasteiger charge is -2.30. The van der Waals surface area contributed by atoms with E-state index >= 15 is 0 Å². The van der Waals surface area contributed by atoms with E-state index in [-0.39, 0.29) is 11.7 Å². The summed E-state index contributed by atoms with van der Waals surface area (Å²) in [5.74, 6) is 2.49. The van der Waals surface area contributed by atoms with E-state index in [4.69, 9.17) is 11.2 Å². The van der Waals surface area contributed by atoms with Gasteiger partial charge in [-0.05, 0) is 25.7 Å². The predicted molar refractivity (Wildman–Crippen MR) is 52.7 cm³/mol. The maximum absolute atomic E-state index is 11.4. The van der Waals surface area contributed by atoms with Crippen molar-refractivity contribution in [2.24, 2.45) is 0 Å². The fourth-order valence-electron chi connectivity index (χ4n) is 2.38. The van der Waals surface area contributed by atoms with Crippen molar-refractivity contribution in [1.82, 2.24) is 4.90 Å². The van der Waals surface area contributed by atoms with Gasteiger partial charge in [-0.2, -0.15) is 0 Å². The fourth-order valence-corrected chi connectivity index (χ4v) is 2.38. The van der Waals surface area contributed by atoms with Crippen molar-refractivity contribution in [2.75, 3.05) is 13.1 Å². The van der Waals surface area contributed by atoms with E-state index in [1.807, 2.05) is 0 Å². The lowest BCUT2D eigenvalue weighted by molar-refractivity contribution is 0.0260. The summed E-state index contributed by atoms with van der Waals surface area (Å²) in [4.78, 5) is 13.1. The van der Waals surface area contributed by atoms with Gasteiger partial charge in [0.1, 0.15) is 5.60 Å². The van der Waals surface area contributed by atoms with Crippen molar-refractivity contribution in [2.45, 2.75) is 37.7 Å². The monoisotopic (exact) mass is 193 g/mol. The van der Waals surface area contributed by atoms with Crippen LogP contribution in [-0.2, 0) is 4.74 Å². The van der Waals surface area contributed by atoms with Gasteiger partial charge >= 0.3 is 6.09 Å². The molecular weight excluding hydrogens is 178 g/mol. The smallest absolute Gasteiger partial charge is 0.411 e. The molecule has 0 bridgehead atoms. The second kappa shape index (κ2) is 3.53. The number of terminal acetylenes is 1. The number of carbonyl (C=O) groups is 1. The molecule has 3 heteroatoms. The minimum absolute atomic E-state index is 0.202. The lowest BCUT2D eigenvalue weighted by Crippen LogP contribution is -2.36. The minimum Gasteiger partial charge on any atom is -0.441 e. The van der Waals surface area contributed by atoms with Crippen molar-refractivity contribution in [3.8, 4) is 12.3 Å². The van der Waals surface area contributed by atoms with Crippen LogP contribution in [-0.4, -0.2) is 29.7 Å². The van der Waals surface area contributed by atoms with E-state index in [0.29, 0.717) is 13.1 Å². The molecule has 1 heterocycles. The van der Waals surface area contributed by atoms with Crippen LogP contribution in [0, 0.1) is 12.3 Å². The number of carbonyl (C=O) groups excluding carboxylic acids is 1. The summed E-state index contributed by atoms with van der Waals surface area (Å²) in [5.41, 5.74) is -0.202. The molecule has 1 aliphatic carbocycles. The van der Waals surface area contributed by atoms with E-state index in [0.717, 1.165) is 25.7 Å². The molecule has 14 heavy (non-hydrogen) atoms. The van der Waals surface area contributed by atoms with Gasteiger partial charge in [0, 0.05) is 0 Å². The summed E-state index contributed by atoms with van der Waals surface area (Å²) in [5, 5.41) is 0. The van der Waals surface area contributed by atoms with E-state index in [1.165, 1.54) is 6.42 Å². The number of ether oxygens (including phenoxy) is 1. The lowest BCUT2D eigenvalue weighted by atomic mass is 9.85. The molecule has 1 saturated heterocycles. The Kier molecular flexibility index (Phi) is 2.37. The zero-order valence-electron chi connectivity index (χ0n) is 8.29. The summed E-state index contributed by atoms with van der Waals surface area (Å²) in [6.07, 6.45) is 10.5. The van der Waals surface area contributed by atoms with Gasteiger partial charge in [-0.3, -0.25) is 4.90 Å². The normalized spacial score (nSPS) is 24.8. The molecule has 0 aromatic carbocycles. The first-order valence-electron chi connectivity index (χ1n) is 5.17. The van der Waals surface area contributed by atoms with Gasteiger partial charge in [-0.15, -0.1) is 6.42 Å². The summed E-state index contributed by atoms with van der Waals surface area (Å²) >= 11 is 0. The van der Waals surface area contributed by atoms with Crippen LogP contribution in [0.1, 0.15) is 32.1 Å². The van der Waals surface area contributed by atoms with Gasteiger partial charge in [0.15, 0.2) is 0 Å². The van der Waals surface area contributed by atoms with Gasteiger partial charge in [0.2, 0.25) is 0 Å². The van der Waals surface area contributed by atoms with E-state index in [1.54, 1.807) is 4.90 Å². The third kappa shape index (κ3) is 1.57.